The Bertz CT molecular complexity index is 217. The molecule has 0 atom stereocenters. The summed E-state index contributed by atoms with van der Waals surface area (Å²) in [7, 11) is 0. The minimum Gasteiger partial charge on any atom is -0.480 e. The fourth-order valence-corrected chi connectivity index (χ4v) is 1.91. The summed E-state index contributed by atoms with van der Waals surface area (Å²) in [6, 6.07) is 0. The molecule has 0 unspecified atom stereocenters. The monoisotopic (exact) mass is 212 g/mol. The molecule has 15 heavy (non-hydrogen) atoms. The van der Waals surface area contributed by atoms with E-state index in [1.54, 1.807) is 0 Å². The van der Waals surface area contributed by atoms with Crippen LogP contribution >= 0.6 is 0 Å². The Kier molecular flexibility index (Phi) is 4.78. The fourth-order valence-electron chi connectivity index (χ4n) is 1.91. The lowest BCUT2D eigenvalue weighted by atomic mass is 10.3. The molecule has 0 amide bonds. The number of carboxylic acids is 1. The molecule has 86 valence electrons. The van der Waals surface area contributed by atoms with Gasteiger partial charge in [-0.15, -0.1) is 0 Å². The van der Waals surface area contributed by atoms with Gasteiger partial charge in [-0.3, -0.25) is 14.6 Å². The van der Waals surface area contributed by atoms with E-state index in [1.807, 2.05) is 11.8 Å². The zero-order chi connectivity index (χ0) is 11.3. The van der Waals surface area contributed by atoms with Crippen LogP contribution in [0.2, 0.25) is 0 Å². The summed E-state index contributed by atoms with van der Waals surface area (Å²) in [6.07, 6.45) is 1.04. The molecule has 0 bridgehead atoms. The Morgan fingerprint density at radius 1 is 1.20 bits per heavy atom. The van der Waals surface area contributed by atoms with Crippen molar-refractivity contribution in [2.75, 3.05) is 39.3 Å². The number of hydrogen-bond donors (Lipinski definition) is 1. The highest BCUT2D eigenvalue weighted by molar-refractivity contribution is 5.69. The number of carbonyl (C=O) groups is 1. The molecule has 0 aromatic rings. The fraction of sp³-hybridized carbons (Fsp3) is 0.727. The molecule has 1 heterocycles. The van der Waals surface area contributed by atoms with Crippen molar-refractivity contribution in [3.63, 3.8) is 0 Å². The van der Waals surface area contributed by atoms with Crippen molar-refractivity contribution in [1.82, 2.24) is 9.80 Å². The number of nitrogens with zero attached hydrogens (tertiary/aromatic N) is 2. The first kappa shape index (κ1) is 12.2. The van der Waals surface area contributed by atoms with Crippen LogP contribution in [0.5, 0.6) is 0 Å². The first-order valence-electron chi connectivity index (χ1n) is 5.39. The van der Waals surface area contributed by atoms with E-state index in [1.165, 1.54) is 5.57 Å². The van der Waals surface area contributed by atoms with E-state index in [4.69, 9.17) is 5.11 Å². The normalized spacial score (nSPS) is 19.8. The predicted octanol–water partition coefficient (Wildman–Crippen LogP) is 0.655. The van der Waals surface area contributed by atoms with E-state index in [0.717, 1.165) is 39.1 Å². The zero-order valence-corrected chi connectivity index (χ0v) is 9.41. The quantitative estimate of drug-likeness (QED) is 0.695. The summed E-state index contributed by atoms with van der Waals surface area (Å²) in [5, 5.41) is 8.70. The Labute approximate surface area is 91.2 Å². The third-order valence-corrected chi connectivity index (χ3v) is 2.53. The van der Waals surface area contributed by atoms with E-state index in [9.17, 15) is 4.79 Å². The van der Waals surface area contributed by atoms with Gasteiger partial charge in [-0.2, -0.15) is 0 Å². The molecule has 0 aromatic heterocycles. The van der Waals surface area contributed by atoms with Crippen molar-refractivity contribution >= 4 is 5.97 Å². The summed E-state index contributed by atoms with van der Waals surface area (Å²) in [4.78, 5) is 14.9. The molecule has 0 spiro atoms. The third-order valence-electron chi connectivity index (χ3n) is 2.53. The summed E-state index contributed by atoms with van der Waals surface area (Å²) < 4.78 is 0. The van der Waals surface area contributed by atoms with E-state index in [-0.39, 0.29) is 6.54 Å². The van der Waals surface area contributed by atoms with Crippen molar-refractivity contribution in [1.29, 1.82) is 0 Å². The maximum absolute atomic E-state index is 10.6. The average Bonchev–Trinajstić information content (AvgIpc) is 2.29. The van der Waals surface area contributed by atoms with Crippen LogP contribution in [0, 0.1) is 0 Å². The summed E-state index contributed by atoms with van der Waals surface area (Å²) >= 11 is 0. The molecule has 0 aromatic carbocycles. The van der Waals surface area contributed by atoms with Gasteiger partial charge in [0, 0.05) is 26.2 Å². The van der Waals surface area contributed by atoms with Gasteiger partial charge in [0.1, 0.15) is 0 Å². The molecule has 4 heteroatoms. The van der Waals surface area contributed by atoms with Gasteiger partial charge in [0.25, 0.3) is 0 Å². The lowest BCUT2D eigenvalue weighted by molar-refractivity contribution is -0.138. The number of aliphatic carboxylic acids is 1. The van der Waals surface area contributed by atoms with Crippen LogP contribution in [-0.2, 0) is 4.79 Å². The van der Waals surface area contributed by atoms with E-state index < -0.39 is 5.97 Å². The topological polar surface area (TPSA) is 43.8 Å². The molecular formula is C11H20N2O2. The highest BCUT2D eigenvalue weighted by Crippen LogP contribution is 2.04. The second-order valence-electron chi connectivity index (χ2n) is 4.26. The minimum absolute atomic E-state index is 0.168. The van der Waals surface area contributed by atoms with Gasteiger partial charge in [-0.1, -0.05) is 12.2 Å². The van der Waals surface area contributed by atoms with Crippen molar-refractivity contribution in [3.05, 3.63) is 12.2 Å². The largest absolute Gasteiger partial charge is 0.480 e. The maximum atomic E-state index is 10.6. The first-order chi connectivity index (χ1) is 7.08. The van der Waals surface area contributed by atoms with E-state index >= 15 is 0 Å². The highest BCUT2D eigenvalue weighted by Gasteiger charge is 2.16. The highest BCUT2D eigenvalue weighted by atomic mass is 16.4. The van der Waals surface area contributed by atoms with Crippen molar-refractivity contribution < 1.29 is 9.90 Å². The van der Waals surface area contributed by atoms with Crippen LogP contribution in [0.4, 0.5) is 0 Å². The van der Waals surface area contributed by atoms with Gasteiger partial charge in [0.15, 0.2) is 0 Å². The molecule has 1 N–H and O–H groups in total. The van der Waals surface area contributed by atoms with Crippen LogP contribution in [-0.4, -0.2) is 60.1 Å². The van der Waals surface area contributed by atoms with Gasteiger partial charge < -0.3 is 5.11 Å². The Hall–Kier alpha value is -0.870. The van der Waals surface area contributed by atoms with Gasteiger partial charge in [-0.25, -0.2) is 0 Å². The first-order valence-corrected chi connectivity index (χ1v) is 5.39. The van der Waals surface area contributed by atoms with E-state index in [0.29, 0.717) is 0 Å². The molecule has 1 saturated heterocycles. The number of carboxylic acid groups (broad SMARTS) is 1. The standard InChI is InChI=1S/C11H20N2O2/c1-10(2)8-12-4-3-5-13(7-6-12)9-11(14)15/h1,3-9H2,2H3,(H,14,15). The summed E-state index contributed by atoms with van der Waals surface area (Å²) in [5.74, 6) is -0.733. The van der Waals surface area contributed by atoms with Crippen molar-refractivity contribution in [2.45, 2.75) is 13.3 Å². The average molecular weight is 212 g/mol. The molecule has 1 aliphatic heterocycles. The number of rotatable bonds is 4. The van der Waals surface area contributed by atoms with Crippen molar-refractivity contribution in [3.8, 4) is 0 Å². The van der Waals surface area contributed by atoms with E-state index in [2.05, 4.69) is 11.5 Å². The van der Waals surface area contributed by atoms with Crippen LogP contribution in [0.1, 0.15) is 13.3 Å². The third kappa shape index (κ3) is 4.95. The lowest BCUT2D eigenvalue weighted by Gasteiger charge is -2.20. The predicted molar refractivity (Wildman–Crippen MR) is 59.9 cm³/mol. The molecule has 0 radical (unpaired) electrons. The minimum atomic E-state index is -0.733. The molecule has 4 nitrogen and oxygen atoms in total. The van der Waals surface area contributed by atoms with Gasteiger partial charge >= 0.3 is 5.97 Å². The Morgan fingerprint density at radius 2 is 1.73 bits per heavy atom. The Morgan fingerprint density at radius 3 is 2.20 bits per heavy atom. The van der Waals surface area contributed by atoms with Gasteiger partial charge in [-0.05, 0) is 19.9 Å². The lowest BCUT2D eigenvalue weighted by Crippen LogP contribution is -2.34. The molecule has 0 saturated carbocycles. The maximum Gasteiger partial charge on any atom is 0.317 e. The smallest absolute Gasteiger partial charge is 0.317 e. The van der Waals surface area contributed by atoms with Crippen molar-refractivity contribution in [2.24, 2.45) is 0 Å². The molecular weight excluding hydrogens is 192 g/mol. The van der Waals surface area contributed by atoms with Crippen LogP contribution < -0.4 is 0 Å². The SMILES string of the molecule is C=C(C)CN1CCCN(CC(=O)O)CC1. The molecule has 1 fully saturated rings. The van der Waals surface area contributed by atoms with Gasteiger partial charge in [0.2, 0.25) is 0 Å². The van der Waals surface area contributed by atoms with Crippen LogP contribution in [0.25, 0.3) is 0 Å². The Balaban J connectivity index is 2.34. The molecule has 1 rings (SSSR count). The van der Waals surface area contributed by atoms with Crippen LogP contribution in [0.15, 0.2) is 12.2 Å². The summed E-state index contributed by atoms with van der Waals surface area (Å²) in [6.45, 7) is 10.7. The molecule has 1 aliphatic rings. The molecule has 0 aliphatic carbocycles. The summed E-state index contributed by atoms with van der Waals surface area (Å²) in [5.41, 5.74) is 1.17. The van der Waals surface area contributed by atoms with Crippen LogP contribution in [0.3, 0.4) is 0 Å². The number of hydrogen-bond acceptors (Lipinski definition) is 3. The second kappa shape index (κ2) is 5.88. The zero-order valence-electron chi connectivity index (χ0n) is 9.41. The van der Waals surface area contributed by atoms with Gasteiger partial charge in [0.05, 0.1) is 6.54 Å². The second-order valence-corrected chi connectivity index (χ2v) is 4.26.